The number of unbranched alkanes of at least 4 members (excludes halogenated alkanes) is 1. The fraction of sp³-hybridized carbons (Fsp3) is 0.424. The number of aromatic hydroxyl groups is 1. The lowest BCUT2D eigenvalue weighted by Gasteiger charge is -2.50. The number of ketones is 2. The van der Waals surface area contributed by atoms with Crippen molar-refractivity contribution in [1.82, 2.24) is 4.90 Å². The van der Waals surface area contributed by atoms with E-state index in [1.165, 1.54) is 5.56 Å². The topological polar surface area (TPSA) is 180 Å². The van der Waals surface area contributed by atoms with Crippen molar-refractivity contribution in [3.63, 3.8) is 0 Å². The molecule has 7 N–H and O–H groups in total. The van der Waals surface area contributed by atoms with E-state index < -0.39 is 58.0 Å². The largest absolute Gasteiger partial charge is 0.510 e. The van der Waals surface area contributed by atoms with Gasteiger partial charge in [-0.25, -0.2) is 0 Å². The second-order valence-corrected chi connectivity index (χ2v) is 12.4. The highest BCUT2D eigenvalue weighted by atomic mass is 16.6. The molecule has 0 fully saturated rings. The lowest BCUT2D eigenvalue weighted by Crippen LogP contribution is -2.64. The van der Waals surface area contributed by atoms with Gasteiger partial charge in [0.1, 0.15) is 17.1 Å². The van der Waals surface area contributed by atoms with Gasteiger partial charge in [-0.05, 0) is 68.5 Å². The van der Waals surface area contributed by atoms with Crippen molar-refractivity contribution >= 4 is 23.2 Å². The number of anilines is 1. The number of amides is 1. The van der Waals surface area contributed by atoms with Crippen LogP contribution in [0.2, 0.25) is 0 Å². The molecular formula is C33H40N4O7. The molecule has 11 heteroatoms. The number of rotatable bonds is 8. The number of benzene rings is 2. The van der Waals surface area contributed by atoms with Gasteiger partial charge >= 0.3 is 0 Å². The number of carbonyl (C=O) groups excluding carboxylic acids is 3. The van der Waals surface area contributed by atoms with Crippen molar-refractivity contribution in [2.75, 3.05) is 33.1 Å². The Morgan fingerprint density at radius 2 is 1.77 bits per heavy atom. The van der Waals surface area contributed by atoms with E-state index in [0.29, 0.717) is 11.1 Å². The van der Waals surface area contributed by atoms with Crippen LogP contribution >= 0.6 is 0 Å². The molecule has 0 radical (unpaired) electrons. The summed E-state index contributed by atoms with van der Waals surface area (Å²) in [5, 5.41) is 34.8. The number of Topliss-reactive ketones (excluding diaryl/α,β-unsaturated/α-hetero) is 2. The number of allylic oxidation sites excluding steroid dienone is 1. The molecule has 0 unspecified atom stereocenters. The van der Waals surface area contributed by atoms with Gasteiger partial charge < -0.3 is 30.8 Å². The van der Waals surface area contributed by atoms with Crippen molar-refractivity contribution in [1.29, 1.82) is 0 Å². The lowest BCUT2D eigenvalue weighted by molar-refractivity contribution is -0.150. The van der Waals surface area contributed by atoms with Gasteiger partial charge in [-0.1, -0.05) is 37.6 Å². The van der Waals surface area contributed by atoms with Crippen molar-refractivity contribution < 1.29 is 34.5 Å². The number of aliphatic hydroxyl groups is 2. The van der Waals surface area contributed by atoms with Crippen LogP contribution in [0.15, 0.2) is 53.0 Å². The molecule has 1 amide bonds. The van der Waals surface area contributed by atoms with Crippen LogP contribution in [0.5, 0.6) is 5.75 Å². The van der Waals surface area contributed by atoms with E-state index in [1.54, 1.807) is 19.0 Å². The Labute approximate surface area is 256 Å². The van der Waals surface area contributed by atoms with E-state index >= 15 is 0 Å². The second kappa shape index (κ2) is 11.4. The molecular weight excluding hydrogens is 564 g/mol. The van der Waals surface area contributed by atoms with E-state index in [1.807, 2.05) is 49.3 Å². The molecule has 0 saturated heterocycles. The molecule has 2 aromatic carbocycles. The number of hydrogen-bond donors (Lipinski definition) is 5. The van der Waals surface area contributed by atoms with E-state index in [9.17, 15) is 29.7 Å². The zero-order valence-electron chi connectivity index (χ0n) is 25.7. The molecule has 0 saturated carbocycles. The molecule has 2 aromatic rings. The fourth-order valence-electron chi connectivity index (χ4n) is 7.28. The molecule has 0 spiro atoms. The van der Waals surface area contributed by atoms with Crippen molar-refractivity contribution in [2.45, 2.75) is 50.7 Å². The summed E-state index contributed by atoms with van der Waals surface area (Å²) in [5.41, 5.74) is 5.79. The maximum atomic E-state index is 14.4. The van der Waals surface area contributed by atoms with Gasteiger partial charge in [-0.3, -0.25) is 19.3 Å². The van der Waals surface area contributed by atoms with Crippen LogP contribution in [0, 0.1) is 11.8 Å². The molecule has 3 aliphatic rings. The first-order valence-corrected chi connectivity index (χ1v) is 14.8. The lowest BCUT2D eigenvalue weighted by atomic mass is 9.58. The van der Waals surface area contributed by atoms with Crippen LogP contribution in [0.25, 0.3) is 11.1 Å². The van der Waals surface area contributed by atoms with Crippen molar-refractivity contribution in [3.05, 3.63) is 69.7 Å². The minimum atomic E-state index is -2.56. The summed E-state index contributed by atoms with van der Waals surface area (Å²) < 4.78 is 0. The first-order chi connectivity index (χ1) is 20.8. The minimum absolute atomic E-state index is 0.0324. The number of fused-ring (bicyclic) bond motifs is 3. The Hall–Kier alpha value is -4.19. The first kappa shape index (κ1) is 31.2. The predicted octanol–water partition coefficient (Wildman–Crippen LogP) is 2.53. The normalized spacial score (nSPS) is 24.7. The third-order valence-corrected chi connectivity index (χ3v) is 9.36. The third-order valence-electron chi connectivity index (χ3n) is 9.36. The van der Waals surface area contributed by atoms with Crippen LogP contribution in [-0.4, -0.2) is 77.5 Å². The molecule has 5 rings (SSSR count). The van der Waals surface area contributed by atoms with Crippen LogP contribution < -0.4 is 16.5 Å². The van der Waals surface area contributed by atoms with Gasteiger partial charge in [-0.2, -0.15) is 5.90 Å². The molecule has 0 bridgehead atoms. The van der Waals surface area contributed by atoms with Gasteiger partial charge in [0.25, 0.3) is 5.91 Å². The number of phenolic OH excluding ortho intramolecular Hbond substituents is 1. The Morgan fingerprint density at radius 1 is 1.11 bits per heavy atom. The zero-order valence-corrected chi connectivity index (χ0v) is 25.7. The summed E-state index contributed by atoms with van der Waals surface area (Å²) in [6, 6.07) is 8.69. The van der Waals surface area contributed by atoms with E-state index in [2.05, 4.69) is 6.92 Å². The van der Waals surface area contributed by atoms with Crippen molar-refractivity contribution in [2.24, 2.45) is 23.5 Å². The standard InChI is InChI=1S/C33H40N4O7/c1-6-7-8-16-9-11-17(12-10-16)19-15-22(36(2)3)20-13-18-14-21-26(37(4)5)29(40)25(32(34)42)30(41)33(21,43)31(44-35)23(18)28(39)24(20)27(19)38/h9-12,15,18,21,26,38,40,43H,6-8,13-14,35H2,1-5H3,(H2,34,42)/t18-,21-,26-,33+/m0/s1. The summed E-state index contributed by atoms with van der Waals surface area (Å²) in [6.07, 6.45) is 3.41. The average Bonchev–Trinajstić information content (AvgIpc) is 2.96. The maximum Gasteiger partial charge on any atom is 0.255 e. The Kier molecular flexibility index (Phi) is 8.08. The quantitative estimate of drug-likeness (QED) is 0.222. The number of nitrogens with zero attached hydrogens (tertiary/aromatic N) is 2. The maximum absolute atomic E-state index is 14.4. The number of carbonyl (C=O) groups is 3. The fourth-order valence-corrected chi connectivity index (χ4v) is 7.28. The Bertz CT molecular complexity index is 1610. The first-order valence-electron chi connectivity index (χ1n) is 14.8. The number of likely N-dealkylation sites (N-methyl/N-ethyl adjacent to an activating group) is 1. The van der Waals surface area contributed by atoms with Crippen LogP contribution in [0.3, 0.4) is 0 Å². The number of nitrogens with two attached hydrogens (primary N) is 2. The Morgan fingerprint density at radius 3 is 2.32 bits per heavy atom. The number of primary amides is 1. The number of hydrogen-bond acceptors (Lipinski definition) is 10. The molecule has 3 aliphatic carbocycles. The highest BCUT2D eigenvalue weighted by Crippen LogP contribution is 2.54. The van der Waals surface area contributed by atoms with Crippen LogP contribution in [0.4, 0.5) is 5.69 Å². The Balaban J connectivity index is 1.72. The number of aliphatic hydroxyl groups excluding tert-OH is 1. The second-order valence-electron chi connectivity index (χ2n) is 12.4. The molecule has 44 heavy (non-hydrogen) atoms. The van der Waals surface area contributed by atoms with Gasteiger partial charge in [0.05, 0.1) is 11.6 Å². The summed E-state index contributed by atoms with van der Waals surface area (Å²) in [5.74, 6) is -0.254. The smallest absolute Gasteiger partial charge is 0.255 e. The minimum Gasteiger partial charge on any atom is -0.510 e. The summed E-state index contributed by atoms with van der Waals surface area (Å²) in [7, 11) is 6.95. The van der Waals surface area contributed by atoms with Crippen molar-refractivity contribution in [3.8, 4) is 16.9 Å². The highest BCUT2D eigenvalue weighted by molar-refractivity contribution is 6.25. The van der Waals surface area contributed by atoms with Gasteiger partial charge in [-0.15, -0.1) is 0 Å². The molecule has 0 heterocycles. The van der Waals surface area contributed by atoms with E-state index in [0.717, 1.165) is 30.5 Å². The SMILES string of the molecule is CCCCc1ccc(-c2cc(N(C)C)c3c(c2O)C(=O)C2=C(ON)[C@]4(O)C(=O)C(C(N)=O)=C(O)[C@@H](N(C)C)[C@@H]4C[C@@H]2C3)cc1. The van der Waals surface area contributed by atoms with Crippen LogP contribution in [0.1, 0.15) is 47.7 Å². The molecule has 11 nitrogen and oxygen atoms in total. The molecule has 0 aliphatic heterocycles. The van der Waals surface area contributed by atoms with E-state index in [-0.39, 0.29) is 29.7 Å². The number of aryl methyl sites for hydroxylation is 1. The molecule has 4 atom stereocenters. The van der Waals surface area contributed by atoms with Gasteiger partial charge in [0.2, 0.25) is 5.78 Å². The summed E-state index contributed by atoms with van der Waals surface area (Å²) in [6.45, 7) is 2.13. The van der Waals surface area contributed by atoms with Gasteiger partial charge in [0, 0.05) is 36.8 Å². The highest BCUT2D eigenvalue weighted by Gasteiger charge is 2.64. The summed E-state index contributed by atoms with van der Waals surface area (Å²) in [4.78, 5) is 49.1. The average molecular weight is 605 g/mol. The van der Waals surface area contributed by atoms with Crippen LogP contribution in [-0.2, 0) is 27.3 Å². The van der Waals surface area contributed by atoms with Gasteiger partial charge in [0.15, 0.2) is 17.1 Å². The monoisotopic (exact) mass is 604 g/mol. The predicted molar refractivity (Wildman–Crippen MR) is 165 cm³/mol. The molecule has 0 aromatic heterocycles. The third kappa shape index (κ3) is 4.58. The molecule has 234 valence electrons. The summed E-state index contributed by atoms with van der Waals surface area (Å²) >= 11 is 0. The van der Waals surface area contributed by atoms with E-state index in [4.69, 9.17) is 16.5 Å². The zero-order chi connectivity index (χ0) is 32.2. The number of phenols is 1.